The van der Waals surface area contributed by atoms with Crippen LogP contribution in [0.1, 0.15) is 52.4 Å². The highest BCUT2D eigenvalue weighted by Crippen LogP contribution is 2.37. The summed E-state index contributed by atoms with van der Waals surface area (Å²) < 4.78 is 36.1. The zero-order valence-corrected chi connectivity index (χ0v) is 10.6. The minimum Gasteiger partial charge on any atom is -0.393 e. The van der Waals surface area contributed by atoms with E-state index in [9.17, 15) is 18.3 Å². The van der Waals surface area contributed by atoms with E-state index in [1.165, 1.54) is 0 Å². The predicted octanol–water partition coefficient (Wildman–Crippen LogP) is 4.15. The molecule has 0 saturated heterocycles. The molecule has 0 aromatic carbocycles. The molecule has 3 atom stereocenters. The lowest BCUT2D eigenvalue weighted by atomic mass is 9.73. The molecule has 0 aliphatic heterocycles. The number of hydrogen-bond donors (Lipinski definition) is 1. The van der Waals surface area contributed by atoms with E-state index >= 15 is 0 Å². The standard InChI is InChI=1S/C13H23F3O/c1-9(2)10-5-6-12(17)11(8-10)4-3-7-13(14,15)16/h9-12,17H,3-8H2,1-2H3. The second kappa shape index (κ2) is 6.07. The van der Waals surface area contributed by atoms with Gasteiger partial charge >= 0.3 is 6.18 Å². The summed E-state index contributed by atoms with van der Waals surface area (Å²) in [4.78, 5) is 0. The number of alkyl halides is 3. The van der Waals surface area contributed by atoms with E-state index in [2.05, 4.69) is 13.8 Å². The number of rotatable bonds is 4. The van der Waals surface area contributed by atoms with Crippen molar-refractivity contribution in [1.82, 2.24) is 0 Å². The maximum absolute atomic E-state index is 12.0. The maximum Gasteiger partial charge on any atom is 0.389 e. The van der Waals surface area contributed by atoms with Gasteiger partial charge in [-0.15, -0.1) is 0 Å². The summed E-state index contributed by atoms with van der Waals surface area (Å²) in [6.45, 7) is 4.30. The predicted molar refractivity (Wildman–Crippen MR) is 61.6 cm³/mol. The Labute approximate surface area is 101 Å². The van der Waals surface area contributed by atoms with Crippen molar-refractivity contribution in [3.05, 3.63) is 0 Å². The zero-order valence-electron chi connectivity index (χ0n) is 10.6. The van der Waals surface area contributed by atoms with E-state index in [0.717, 1.165) is 19.3 Å². The molecule has 1 N–H and O–H groups in total. The van der Waals surface area contributed by atoms with Crippen LogP contribution in [0.5, 0.6) is 0 Å². The average molecular weight is 252 g/mol. The molecular formula is C13H23F3O. The van der Waals surface area contributed by atoms with E-state index in [0.29, 0.717) is 18.3 Å². The highest BCUT2D eigenvalue weighted by Gasteiger charge is 2.32. The smallest absolute Gasteiger partial charge is 0.389 e. The lowest BCUT2D eigenvalue weighted by molar-refractivity contribution is -0.136. The number of aliphatic hydroxyl groups is 1. The molecule has 3 unspecified atom stereocenters. The van der Waals surface area contributed by atoms with Gasteiger partial charge in [-0.1, -0.05) is 13.8 Å². The lowest BCUT2D eigenvalue weighted by Crippen LogP contribution is -2.31. The largest absolute Gasteiger partial charge is 0.393 e. The molecule has 1 rings (SSSR count). The monoisotopic (exact) mass is 252 g/mol. The Morgan fingerprint density at radius 3 is 2.41 bits per heavy atom. The van der Waals surface area contributed by atoms with Crippen LogP contribution >= 0.6 is 0 Å². The summed E-state index contributed by atoms with van der Waals surface area (Å²) in [5.74, 6) is 1.19. The highest BCUT2D eigenvalue weighted by atomic mass is 19.4. The Bertz CT molecular complexity index is 225. The molecule has 0 radical (unpaired) electrons. The molecule has 0 amide bonds. The van der Waals surface area contributed by atoms with Gasteiger partial charge in [0.25, 0.3) is 0 Å². The van der Waals surface area contributed by atoms with Crippen molar-refractivity contribution >= 4 is 0 Å². The van der Waals surface area contributed by atoms with E-state index in [1.807, 2.05) is 0 Å². The maximum atomic E-state index is 12.0. The number of hydrogen-bond acceptors (Lipinski definition) is 1. The van der Waals surface area contributed by atoms with E-state index in [1.54, 1.807) is 0 Å². The van der Waals surface area contributed by atoms with Crippen molar-refractivity contribution in [3.63, 3.8) is 0 Å². The van der Waals surface area contributed by atoms with Gasteiger partial charge in [-0.3, -0.25) is 0 Å². The van der Waals surface area contributed by atoms with Gasteiger partial charge in [-0.2, -0.15) is 13.2 Å². The summed E-state index contributed by atoms with van der Waals surface area (Å²) >= 11 is 0. The van der Waals surface area contributed by atoms with Crippen LogP contribution in [0.3, 0.4) is 0 Å². The second-order valence-corrected chi connectivity index (χ2v) is 5.65. The lowest BCUT2D eigenvalue weighted by Gasteiger charge is -2.35. The molecule has 0 bridgehead atoms. The Balaban J connectivity index is 2.35. The molecule has 0 heterocycles. The number of aliphatic hydroxyl groups excluding tert-OH is 1. The van der Waals surface area contributed by atoms with Crippen LogP contribution in [0, 0.1) is 17.8 Å². The first-order valence-electron chi connectivity index (χ1n) is 6.54. The molecular weight excluding hydrogens is 229 g/mol. The van der Waals surface area contributed by atoms with Crippen LogP contribution in [0.25, 0.3) is 0 Å². The first-order valence-corrected chi connectivity index (χ1v) is 6.54. The topological polar surface area (TPSA) is 20.2 Å². The Morgan fingerprint density at radius 1 is 1.24 bits per heavy atom. The summed E-state index contributed by atoms with van der Waals surface area (Å²) in [6, 6.07) is 0. The van der Waals surface area contributed by atoms with Crippen molar-refractivity contribution in [3.8, 4) is 0 Å². The summed E-state index contributed by atoms with van der Waals surface area (Å²) in [5, 5.41) is 9.82. The zero-order chi connectivity index (χ0) is 13.1. The van der Waals surface area contributed by atoms with Crippen molar-refractivity contribution < 1.29 is 18.3 Å². The SMILES string of the molecule is CC(C)C1CCC(O)C(CCCC(F)(F)F)C1. The Morgan fingerprint density at radius 2 is 1.88 bits per heavy atom. The van der Waals surface area contributed by atoms with Gasteiger partial charge < -0.3 is 5.11 Å². The minimum absolute atomic E-state index is 0.0681. The normalized spacial score (nSPS) is 30.9. The molecule has 17 heavy (non-hydrogen) atoms. The molecule has 1 fully saturated rings. The van der Waals surface area contributed by atoms with Crippen LogP contribution in [0.2, 0.25) is 0 Å². The molecule has 102 valence electrons. The first kappa shape index (κ1) is 14.8. The van der Waals surface area contributed by atoms with Gasteiger partial charge in [-0.25, -0.2) is 0 Å². The fourth-order valence-electron chi connectivity index (χ4n) is 2.76. The molecule has 0 aromatic heterocycles. The quantitative estimate of drug-likeness (QED) is 0.796. The minimum atomic E-state index is -4.06. The third-order valence-corrected chi connectivity index (χ3v) is 3.96. The summed E-state index contributed by atoms with van der Waals surface area (Å²) in [7, 11) is 0. The van der Waals surface area contributed by atoms with Crippen LogP contribution < -0.4 is 0 Å². The van der Waals surface area contributed by atoms with Gasteiger partial charge in [0.1, 0.15) is 0 Å². The summed E-state index contributed by atoms with van der Waals surface area (Å²) in [5.41, 5.74) is 0. The fraction of sp³-hybridized carbons (Fsp3) is 1.00. The molecule has 0 aromatic rings. The van der Waals surface area contributed by atoms with Gasteiger partial charge in [0.2, 0.25) is 0 Å². The van der Waals surface area contributed by atoms with Crippen molar-refractivity contribution in [1.29, 1.82) is 0 Å². The van der Waals surface area contributed by atoms with Crippen LogP contribution in [0.4, 0.5) is 13.2 Å². The van der Waals surface area contributed by atoms with Crippen molar-refractivity contribution in [2.45, 2.75) is 64.7 Å². The van der Waals surface area contributed by atoms with Crippen LogP contribution in [0.15, 0.2) is 0 Å². The van der Waals surface area contributed by atoms with Gasteiger partial charge in [0, 0.05) is 6.42 Å². The van der Waals surface area contributed by atoms with Gasteiger partial charge in [0.15, 0.2) is 0 Å². The van der Waals surface area contributed by atoms with Crippen LogP contribution in [-0.4, -0.2) is 17.4 Å². The van der Waals surface area contributed by atoms with E-state index in [4.69, 9.17) is 0 Å². The molecule has 4 heteroatoms. The molecule has 1 saturated carbocycles. The molecule has 0 spiro atoms. The molecule has 1 nitrogen and oxygen atoms in total. The second-order valence-electron chi connectivity index (χ2n) is 5.65. The molecule has 1 aliphatic rings. The van der Waals surface area contributed by atoms with E-state index < -0.39 is 18.7 Å². The fourth-order valence-corrected chi connectivity index (χ4v) is 2.76. The summed E-state index contributed by atoms with van der Waals surface area (Å²) in [6.07, 6.45) is -1.87. The number of halogens is 3. The highest BCUT2D eigenvalue weighted by molar-refractivity contribution is 4.81. The van der Waals surface area contributed by atoms with E-state index in [-0.39, 0.29) is 12.3 Å². The molecule has 1 aliphatic carbocycles. The van der Waals surface area contributed by atoms with Gasteiger partial charge in [0.05, 0.1) is 6.10 Å². The van der Waals surface area contributed by atoms with Gasteiger partial charge in [-0.05, 0) is 49.9 Å². The third-order valence-electron chi connectivity index (χ3n) is 3.96. The Kier molecular flexibility index (Phi) is 5.29. The first-order chi connectivity index (χ1) is 7.79. The Hall–Kier alpha value is -0.250. The third kappa shape index (κ3) is 5.28. The van der Waals surface area contributed by atoms with Crippen LogP contribution in [-0.2, 0) is 0 Å². The van der Waals surface area contributed by atoms with Crippen molar-refractivity contribution in [2.75, 3.05) is 0 Å². The average Bonchev–Trinajstić information content (AvgIpc) is 2.18. The van der Waals surface area contributed by atoms with Crippen molar-refractivity contribution in [2.24, 2.45) is 17.8 Å².